The molecule has 0 spiro atoms. The van der Waals surface area contributed by atoms with Crippen LogP contribution in [-0.4, -0.2) is 24.1 Å². The number of nitrogens with zero attached hydrogens (tertiary/aromatic N) is 2. The molecule has 0 radical (unpaired) electrons. The number of anilines is 2. The van der Waals surface area contributed by atoms with E-state index >= 15 is 0 Å². The molecule has 0 bridgehead atoms. The van der Waals surface area contributed by atoms with Gasteiger partial charge in [-0.1, -0.05) is 13.8 Å². The highest BCUT2D eigenvalue weighted by Crippen LogP contribution is 2.41. The van der Waals surface area contributed by atoms with Crippen molar-refractivity contribution in [2.75, 3.05) is 23.3 Å². The molecule has 0 saturated carbocycles. The van der Waals surface area contributed by atoms with E-state index in [1.54, 1.807) is 0 Å². The second-order valence-electron chi connectivity index (χ2n) is 6.07. The van der Waals surface area contributed by atoms with Crippen molar-refractivity contribution in [3.8, 4) is 0 Å². The van der Waals surface area contributed by atoms with E-state index < -0.39 is 0 Å². The molecule has 3 rings (SSSR count). The number of piperidine rings is 1. The molecule has 1 fully saturated rings. The van der Waals surface area contributed by atoms with Gasteiger partial charge in [0.25, 0.3) is 0 Å². The van der Waals surface area contributed by atoms with Gasteiger partial charge in [-0.15, -0.1) is 0 Å². The number of hydrogen-bond acceptors (Lipinski definition) is 3. The van der Waals surface area contributed by atoms with Crippen molar-refractivity contribution in [1.29, 1.82) is 0 Å². The number of aryl methyl sites for hydroxylation is 1. The lowest BCUT2D eigenvalue weighted by atomic mass is 9.75. The van der Waals surface area contributed by atoms with Crippen molar-refractivity contribution < 1.29 is 0 Å². The quantitative estimate of drug-likeness (QED) is 0.744. The highest BCUT2D eigenvalue weighted by atomic mass is 15.3. The van der Waals surface area contributed by atoms with E-state index in [-0.39, 0.29) is 0 Å². The van der Waals surface area contributed by atoms with Crippen LogP contribution in [0.2, 0.25) is 0 Å². The molecule has 1 N–H and O–H groups in total. The summed E-state index contributed by atoms with van der Waals surface area (Å²) in [6.07, 6.45) is 4.57. The van der Waals surface area contributed by atoms with Crippen LogP contribution in [0.5, 0.6) is 0 Å². The SMILES string of the molecule is Cc1cnc2c(c1)NCC1N2CCCC1(C)C. The van der Waals surface area contributed by atoms with E-state index in [0.717, 1.165) is 18.9 Å². The van der Waals surface area contributed by atoms with Crippen molar-refractivity contribution in [2.24, 2.45) is 5.41 Å². The molecule has 3 nitrogen and oxygen atoms in total. The van der Waals surface area contributed by atoms with Crippen LogP contribution in [0.15, 0.2) is 12.3 Å². The van der Waals surface area contributed by atoms with E-state index in [2.05, 4.69) is 42.0 Å². The Labute approximate surface area is 103 Å². The van der Waals surface area contributed by atoms with Gasteiger partial charge in [0.15, 0.2) is 5.82 Å². The summed E-state index contributed by atoms with van der Waals surface area (Å²) in [5, 5.41) is 3.55. The predicted octanol–water partition coefficient (Wildman–Crippen LogP) is 2.81. The smallest absolute Gasteiger partial charge is 0.152 e. The fourth-order valence-corrected chi connectivity index (χ4v) is 3.22. The first-order valence-corrected chi connectivity index (χ1v) is 6.55. The molecule has 3 heterocycles. The largest absolute Gasteiger partial charge is 0.380 e. The Morgan fingerprint density at radius 2 is 2.29 bits per heavy atom. The maximum Gasteiger partial charge on any atom is 0.152 e. The maximum atomic E-state index is 4.63. The van der Waals surface area contributed by atoms with Crippen LogP contribution >= 0.6 is 0 Å². The highest BCUT2D eigenvalue weighted by molar-refractivity contribution is 5.69. The normalized spacial score (nSPS) is 25.8. The van der Waals surface area contributed by atoms with E-state index in [0.29, 0.717) is 11.5 Å². The van der Waals surface area contributed by atoms with Gasteiger partial charge in [0.1, 0.15) is 0 Å². The molecule has 17 heavy (non-hydrogen) atoms. The average Bonchev–Trinajstić information content (AvgIpc) is 2.27. The summed E-state index contributed by atoms with van der Waals surface area (Å²) < 4.78 is 0. The van der Waals surface area contributed by atoms with Crippen molar-refractivity contribution in [2.45, 2.75) is 39.7 Å². The molecule has 0 aliphatic carbocycles. The lowest BCUT2D eigenvalue weighted by molar-refractivity contribution is 0.216. The lowest BCUT2D eigenvalue weighted by Gasteiger charge is -2.50. The first-order chi connectivity index (χ1) is 8.08. The molecule has 1 aromatic rings. The van der Waals surface area contributed by atoms with Crippen LogP contribution in [0, 0.1) is 12.3 Å². The van der Waals surface area contributed by atoms with Crippen molar-refractivity contribution >= 4 is 11.5 Å². The van der Waals surface area contributed by atoms with Crippen LogP contribution in [0.3, 0.4) is 0 Å². The van der Waals surface area contributed by atoms with Gasteiger partial charge in [-0.2, -0.15) is 0 Å². The van der Waals surface area contributed by atoms with Gasteiger partial charge in [0.05, 0.1) is 11.7 Å². The zero-order valence-electron chi connectivity index (χ0n) is 11.0. The Bertz CT molecular complexity index is 439. The summed E-state index contributed by atoms with van der Waals surface area (Å²) in [6.45, 7) is 9.06. The second-order valence-corrected chi connectivity index (χ2v) is 6.07. The Kier molecular flexibility index (Phi) is 2.32. The van der Waals surface area contributed by atoms with Crippen LogP contribution in [0.4, 0.5) is 11.5 Å². The standard InChI is InChI=1S/C14H21N3/c1-10-7-11-13(16-8-10)17-6-4-5-14(2,3)12(17)9-15-11/h7-8,12,15H,4-6,9H2,1-3H3. The predicted molar refractivity (Wildman–Crippen MR) is 71.6 cm³/mol. The number of pyridine rings is 1. The molecule has 1 aromatic heterocycles. The highest BCUT2D eigenvalue weighted by Gasteiger charge is 2.40. The molecule has 3 heteroatoms. The zero-order valence-corrected chi connectivity index (χ0v) is 11.0. The van der Waals surface area contributed by atoms with E-state index in [4.69, 9.17) is 0 Å². The van der Waals surface area contributed by atoms with Gasteiger partial charge in [-0.25, -0.2) is 4.98 Å². The van der Waals surface area contributed by atoms with Gasteiger partial charge in [0.2, 0.25) is 0 Å². The summed E-state index contributed by atoms with van der Waals surface area (Å²) in [5.41, 5.74) is 2.82. The molecule has 2 aliphatic heterocycles. The Balaban J connectivity index is 2.01. The average molecular weight is 231 g/mol. The van der Waals surface area contributed by atoms with Crippen LogP contribution in [-0.2, 0) is 0 Å². The van der Waals surface area contributed by atoms with Gasteiger partial charge < -0.3 is 10.2 Å². The number of aromatic nitrogens is 1. The summed E-state index contributed by atoms with van der Waals surface area (Å²) >= 11 is 0. The molecule has 0 aromatic carbocycles. The monoisotopic (exact) mass is 231 g/mol. The van der Waals surface area contributed by atoms with Crippen molar-refractivity contribution in [3.63, 3.8) is 0 Å². The lowest BCUT2D eigenvalue weighted by Crippen LogP contribution is -2.56. The summed E-state index contributed by atoms with van der Waals surface area (Å²) in [5.74, 6) is 1.15. The van der Waals surface area contributed by atoms with E-state index in [1.165, 1.54) is 24.1 Å². The maximum absolute atomic E-state index is 4.63. The minimum atomic E-state index is 0.384. The molecule has 1 atom stereocenters. The minimum absolute atomic E-state index is 0.384. The van der Waals surface area contributed by atoms with Crippen LogP contribution < -0.4 is 10.2 Å². The molecule has 2 aliphatic rings. The second kappa shape index (κ2) is 3.62. The third-order valence-corrected chi connectivity index (χ3v) is 4.26. The summed E-state index contributed by atoms with van der Waals surface area (Å²) in [6, 6.07) is 2.79. The number of nitrogens with one attached hydrogen (secondary N) is 1. The summed E-state index contributed by atoms with van der Waals surface area (Å²) in [7, 11) is 0. The topological polar surface area (TPSA) is 28.2 Å². The molecular formula is C14H21N3. The first-order valence-electron chi connectivity index (χ1n) is 6.55. The van der Waals surface area contributed by atoms with E-state index in [9.17, 15) is 0 Å². The molecular weight excluding hydrogens is 210 g/mol. The summed E-state index contributed by atoms with van der Waals surface area (Å²) in [4.78, 5) is 7.14. The zero-order chi connectivity index (χ0) is 12.0. The van der Waals surface area contributed by atoms with Gasteiger partial charge in [-0.3, -0.25) is 0 Å². The Hall–Kier alpha value is -1.25. The Morgan fingerprint density at radius 3 is 3.12 bits per heavy atom. The third kappa shape index (κ3) is 1.68. The Morgan fingerprint density at radius 1 is 1.47 bits per heavy atom. The van der Waals surface area contributed by atoms with Gasteiger partial charge >= 0.3 is 0 Å². The number of fused-ring (bicyclic) bond motifs is 3. The van der Waals surface area contributed by atoms with Crippen molar-refractivity contribution in [3.05, 3.63) is 17.8 Å². The van der Waals surface area contributed by atoms with Crippen LogP contribution in [0.1, 0.15) is 32.3 Å². The number of rotatable bonds is 0. The fraction of sp³-hybridized carbons (Fsp3) is 0.643. The molecule has 1 unspecified atom stereocenters. The van der Waals surface area contributed by atoms with E-state index in [1.807, 2.05) is 6.20 Å². The fourth-order valence-electron chi connectivity index (χ4n) is 3.22. The minimum Gasteiger partial charge on any atom is -0.380 e. The molecule has 1 saturated heterocycles. The molecule has 92 valence electrons. The van der Waals surface area contributed by atoms with Crippen molar-refractivity contribution in [1.82, 2.24) is 4.98 Å². The molecule has 0 amide bonds. The third-order valence-electron chi connectivity index (χ3n) is 4.26. The van der Waals surface area contributed by atoms with Crippen LogP contribution in [0.25, 0.3) is 0 Å². The van der Waals surface area contributed by atoms with Gasteiger partial charge in [0, 0.05) is 19.3 Å². The van der Waals surface area contributed by atoms with Gasteiger partial charge in [-0.05, 0) is 36.8 Å². The first kappa shape index (κ1) is 10.9. The number of hydrogen-bond donors (Lipinski definition) is 1.